The van der Waals surface area contributed by atoms with E-state index >= 15 is 0 Å². The van der Waals surface area contributed by atoms with E-state index in [2.05, 4.69) is 19.2 Å². The van der Waals surface area contributed by atoms with Crippen LogP contribution in [0.3, 0.4) is 0 Å². The van der Waals surface area contributed by atoms with Crippen LogP contribution < -0.4 is 5.32 Å². The van der Waals surface area contributed by atoms with Crippen LogP contribution in [0.1, 0.15) is 26.7 Å². The Morgan fingerprint density at radius 2 is 1.57 bits per heavy atom. The van der Waals surface area contributed by atoms with Gasteiger partial charge in [-0.15, -0.1) is 12.4 Å². The Hall–Kier alpha value is 0.120. The SMILES string of the molecule is CC1CC(C)CN(S(=O)(=O)N2CCC3CNCC3C2)C1.Cl. The highest BCUT2D eigenvalue weighted by molar-refractivity contribution is 7.86. The van der Waals surface area contributed by atoms with E-state index in [1.807, 2.05) is 0 Å². The summed E-state index contributed by atoms with van der Waals surface area (Å²) in [5.74, 6) is 2.14. The van der Waals surface area contributed by atoms with Crippen LogP contribution in [-0.2, 0) is 10.2 Å². The molecule has 3 rings (SSSR count). The van der Waals surface area contributed by atoms with Crippen LogP contribution in [-0.4, -0.2) is 56.3 Å². The van der Waals surface area contributed by atoms with Crippen molar-refractivity contribution < 1.29 is 8.42 Å². The van der Waals surface area contributed by atoms with E-state index < -0.39 is 10.2 Å². The summed E-state index contributed by atoms with van der Waals surface area (Å²) in [6.07, 6.45) is 2.15. The number of halogens is 1. The lowest BCUT2D eigenvalue weighted by Crippen LogP contribution is -2.53. The molecule has 124 valence electrons. The van der Waals surface area contributed by atoms with Crippen molar-refractivity contribution in [2.24, 2.45) is 23.7 Å². The van der Waals surface area contributed by atoms with E-state index in [1.165, 1.54) is 0 Å². The molecule has 1 N–H and O–H groups in total. The molecular formula is C14H28ClN3O2S. The van der Waals surface area contributed by atoms with E-state index in [1.54, 1.807) is 8.61 Å². The Balaban J connectivity index is 0.00000161. The van der Waals surface area contributed by atoms with Gasteiger partial charge in [0.05, 0.1) is 0 Å². The number of fused-ring (bicyclic) bond motifs is 1. The summed E-state index contributed by atoms with van der Waals surface area (Å²) < 4.78 is 29.2. The normalized spacial score (nSPS) is 38.8. The molecule has 0 saturated carbocycles. The van der Waals surface area contributed by atoms with Gasteiger partial charge in [-0.05, 0) is 49.6 Å². The van der Waals surface area contributed by atoms with Crippen molar-refractivity contribution in [2.45, 2.75) is 26.7 Å². The summed E-state index contributed by atoms with van der Waals surface area (Å²) in [6.45, 7) is 9.14. The largest absolute Gasteiger partial charge is 0.316 e. The fourth-order valence-electron chi connectivity index (χ4n) is 4.17. The molecule has 3 aliphatic rings. The fourth-order valence-corrected chi connectivity index (χ4v) is 6.10. The first-order valence-corrected chi connectivity index (χ1v) is 9.32. The molecule has 0 spiro atoms. The van der Waals surface area contributed by atoms with Crippen LogP contribution >= 0.6 is 12.4 Å². The lowest BCUT2D eigenvalue weighted by atomic mass is 9.90. The van der Waals surface area contributed by atoms with Crippen molar-refractivity contribution in [1.29, 1.82) is 0 Å². The number of hydrogen-bond donors (Lipinski definition) is 1. The fraction of sp³-hybridized carbons (Fsp3) is 1.00. The van der Waals surface area contributed by atoms with Gasteiger partial charge >= 0.3 is 0 Å². The quantitative estimate of drug-likeness (QED) is 0.823. The highest BCUT2D eigenvalue weighted by Gasteiger charge is 2.40. The first-order valence-electron chi connectivity index (χ1n) is 7.92. The van der Waals surface area contributed by atoms with Crippen molar-refractivity contribution in [1.82, 2.24) is 13.9 Å². The van der Waals surface area contributed by atoms with Crippen molar-refractivity contribution in [3.05, 3.63) is 0 Å². The molecule has 4 atom stereocenters. The number of nitrogens with zero attached hydrogens (tertiary/aromatic N) is 2. The highest BCUT2D eigenvalue weighted by Crippen LogP contribution is 2.31. The molecule has 0 aliphatic carbocycles. The van der Waals surface area contributed by atoms with Gasteiger partial charge < -0.3 is 5.32 Å². The Labute approximate surface area is 135 Å². The third-order valence-electron chi connectivity index (χ3n) is 5.16. The number of rotatable bonds is 2. The Kier molecular flexibility index (Phi) is 5.58. The molecule has 21 heavy (non-hydrogen) atoms. The summed E-state index contributed by atoms with van der Waals surface area (Å²) >= 11 is 0. The average Bonchev–Trinajstić information content (AvgIpc) is 2.84. The van der Waals surface area contributed by atoms with Gasteiger partial charge in [-0.2, -0.15) is 17.0 Å². The van der Waals surface area contributed by atoms with Crippen LogP contribution in [0.5, 0.6) is 0 Å². The van der Waals surface area contributed by atoms with Gasteiger partial charge in [0.2, 0.25) is 0 Å². The highest BCUT2D eigenvalue weighted by atomic mass is 35.5. The molecule has 3 heterocycles. The molecule has 0 aromatic carbocycles. The van der Waals surface area contributed by atoms with Crippen molar-refractivity contribution in [3.63, 3.8) is 0 Å². The molecule has 5 nitrogen and oxygen atoms in total. The maximum atomic E-state index is 12.9. The Bertz CT molecular complexity index is 449. The third-order valence-corrected chi connectivity index (χ3v) is 7.09. The van der Waals surface area contributed by atoms with Gasteiger partial charge in [0.1, 0.15) is 0 Å². The minimum atomic E-state index is -3.25. The van der Waals surface area contributed by atoms with Crippen LogP contribution in [0.4, 0.5) is 0 Å². The van der Waals surface area contributed by atoms with Gasteiger partial charge in [0.15, 0.2) is 0 Å². The molecule has 0 aromatic rings. The average molecular weight is 338 g/mol. The van der Waals surface area contributed by atoms with Gasteiger partial charge in [-0.25, -0.2) is 0 Å². The number of piperidine rings is 2. The van der Waals surface area contributed by atoms with Crippen molar-refractivity contribution >= 4 is 22.6 Å². The third kappa shape index (κ3) is 3.55. The monoisotopic (exact) mass is 337 g/mol. The van der Waals surface area contributed by atoms with E-state index in [0.717, 1.165) is 25.9 Å². The topological polar surface area (TPSA) is 52.7 Å². The van der Waals surface area contributed by atoms with Crippen LogP contribution in [0.2, 0.25) is 0 Å². The lowest BCUT2D eigenvalue weighted by Gasteiger charge is -2.40. The second-order valence-corrected chi connectivity index (χ2v) is 9.02. The smallest absolute Gasteiger partial charge is 0.282 e. The molecule has 0 bridgehead atoms. The van der Waals surface area contributed by atoms with Crippen molar-refractivity contribution in [3.8, 4) is 0 Å². The molecule has 7 heteroatoms. The van der Waals surface area contributed by atoms with Crippen LogP contribution in [0.25, 0.3) is 0 Å². The Morgan fingerprint density at radius 1 is 0.952 bits per heavy atom. The molecule has 3 aliphatic heterocycles. The zero-order chi connectivity index (χ0) is 14.3. The molecule has 4 unspecified atom stereocenters. The zero-order valence-corrected chi connectivity index (χ0v) is 14.6. The number of nitrogens with one attached hydrogen (secondary N) is 1. The summed E-state index contributed by atoms with van der Waals surface area (Å²) in [5, 5.41) is 3.39. The van der Waals surface area contributed by atoms with E-state index in [0.29, 0.717) is 49.9 Å². The molecule has 0 aromatic heterocycles. The standard InChI is InChI=1S/C14H27N3O2S.ClH/c1-11-5-12(2)9-17(8-11)20(18,19)16-4-3-13-6-15-7-14(13)10-16;/h11-15H,3-10H2,1-2H3;1H. The van der Waals surface area contributed by atoms with Gasteiger partial charge in [-0.3, -0.25) is 0 Å². The summed E-state index contributed by atoms with van der Waals surface area (Å²) in [7, 11) is -3.25. The van der Waals surface area contributed by atoms with Gasteiger partial charge in [0.25, 0.3) is 10.2 Å². The van der Waals surface area contributed by atoms with E-state index in [4.69, 9.17) is 0 Å². The predicted molar refractivity (Wildman–Crippen MR) is 86.7 cm³/mol. The zero-order valence-electron chi connectivity index (χ0n) is 13.0. The van der Waals surface area contributed by atoms with Gasteiger partial charge in [-0.1, -0.05) is 13.8 Å². The maximum Gasteiger partial charge on any atom is 0.282 e. The molecule has 0 radical (unpaired) electrons. The Morgan fingerprint density at radius 3 is 2.24 bits per heavy atom. The van der Waals surface area contributed by atoms with E-state index in [-0.39, 0.29) is 12.4 Å². The minimum absolute atomic E-state index is 0. The summed E-state index contributed by atoms with van der Waals surface area (Å²) in [6, 6.07) is 0. The van der Waals surface area contributed by atoms with Crippen molar-refractivity contribution in [2.75, 3.05) is 39.3 Å². The van der Waals surface area contributed by atoms with Gasteiger partial charge in [0, 0.05) is 26.2 Å². The minimum Gasteiger partial charge on any atom is -0.316 e. The predicted octanol–water partition coefficient (Wildman–Crippen LogP) is 1.17. The second kappa shape index (κ2) is 6.71. The first-order chi connectivity index (χ1) is 9.46. The first kappa shape index (κ1) is 17.5. The van der Waals surface area contributed by atoms with Crippen LogP contribution in [0.15, 0.2) is 0 Å². The lowest BCUT2D eigenvalue weighted by molar-refractivity contribution is 0.182. The molecular weight excluding hydrogens is 310 g/mol. The molecule has 0 amide bonds. The second-order valence-electron chi connectivity index (χ2n) is 7.10. The molecule has 3 fully saturated rings. The number of hydrogen-bond acceptors (Lipinski definition) is 3. The van der Waals surface area contributed by atoms with Crippen LogP contribution in [0, 0.1) is 23.7 Å². The summed E-state index contributed by atoms with van der Waals surface area (Å²) in [5.41, 5.74) is 0. The molecule has 3 saturated heterocycles. The summed E-state index contributed by atoms with van der Waals surface area (Å²) in [4.78, 5) is 0. The van der Waals surface area contributed by atoms with E-state index in [9.17, 15) is 8.42 Å². The maximum absolute atomic E-state index is 12.9.